The molecular weight excluding hydrogens is 637 g/mol. The Kier molecular flexibility index (Phi) is 10.5. The molecule has 1 atom stereocenters. The number of halogens is 6. The molecule has 0 saturated heterocycles. The third-order valence-corrected chi connectivity index (χ3v) is 9.14. The molecular formula is C31H31ClF5N5S2. The van der Waals surface area contributed by atoms with Crippen LogP contribution >= 0.6 is 35.3 Å². The van der Waals surface area contributed by atoms with Gasteiger partial charge in [0.2, 0.25) is 0 Å². The third-order valence-electron chi connectivity index (χ3n) is 6.98. The zero-order valence-electron chi connectivity index (χ0n) is 24.9. The number of likely N-dealkylation sites (N-methyl/N-ethyl adjacent to an activating group) is 1. The van der Waals surface area contributed by atoms with Crippen LogP contribution in [0.3, 0.4) is 0 Å². The molecule has 13 heteroatoms. The summed E-state index contributed by atoms with van der Waals surface area (Å²) in [6.07, 6.45) is -0.700. The highest BCUT2D eigenvalue weighted by atomic mass is 35.5. The van der Waals surface area contributed by atoms with Gasteiger partial charge in [0, 0.05) is 30.5 Å². The zero-order valence-corrected chi connectivity index (χ0v) is 27.3. The van der Waals surface area contributed by atoms with E-state index in [4.69, 9.17) is 16.6 Å². The van der Waals surface area contributed by atoms with Crippen molar-refractivity contribution in [2.24, 2.45) is 0 Å². The van der Waals surface area contributed by atoms with Gasteiger partial charge in [-0.25, -0.2) is 13.8 Å². The second-order valence-corrected chi connectivity index (χ2v) is 13.3. The normalized spacial score (nSPS) is 12.7. The number of thioether (sulfide) groups is 1. The number of nitrogens with one attached hydrogen (secondary N) is 1. The van der Waals surface area contributed by atoms with Crippen LogP contribution in [0.15, 0.2) is 42.5 Å². The zero-order chi connectivity index (χ0) is 32.4. The largest absolute Gasteiger partial charge is 0.408 e. The molecule has 0 amide bonds. The molecule has 2 aromatic heterocycles. The number of aromatic nitrogens is 3. The minimum absolute atomic E-state index is 0.136. The molecule has 1 N–H and O–H groups in total. The summed E-state index contributed by atoms with van der Waals surface area (Å²) >= 11 is 9.46. The molecule has 2 heterocycles. The summed E-state index contributed by atoms with van der Waals surface area (Å²) in [4.78, 5) is 4.86. The van der Waals surface area contributed by atoms with Crippen molar-refractivity contribution < 1.29 is 22.0 Å². The Morgan fingerprint density at radius 2 is 1.70 bits per heavy atom. The lowest BCUT2D eigenvalue weighted by molar-refractivity contribution is -0.141. The number of pyridine rings is 1. The SMILES string of the molecule is CNC(Cc1cc(F)cc(F)c1)c1nc(C#CC(C)(C)SC)ccc1-c1ccc(Cl)c2c(N(C)SC)nn(CC(F)(F)F)c12. The van der Waals surface area contributed by atoms with Crippen molar-refractivity contribution in [2.75, 3.05) is 30.9 Å². The minimum Gasteiger partial charge on any atom is -0.311 e. The number of anilines is 1. The molecule has 1 unspecified atom stereocenters. The Hall–Kier alpha value is -2.98. The Morgan fingerprint density at radius 3 is 2.30 bits per heavy atom. The van der Waals surface area contributed by atoms with Gasteiger partial charge in [0.15, 0.2) is 5.82 Å². The summed E-state index contributed by atoms with van der Waals surface area (Å²) in [5.41, 5.74) is 2.35. The summed E-state index contributed by atoms with van der Waals surface area (Å²) in [7, 11) is 3.37. The molecule has 5 nitrogen and oxygen atoms in total. The number of rotatable bonds is 9. The van der Waals surface area contributed by atoms with Gasteiger partial charge in [-0.2, -0.15) is 18.3 Å². The van der Waals surface area contributed by atoms with Crippen molar-refractivity contribution in [2.45, 2.75) is 43.8 Å². The predicted octanol–water partition coefficient (Wildman–Crippen LogP) is 8.30. The molecule has 0 bridgehead atoms. The second-order valence-electron chi connectivity index (χ2n) is 10.5. The highest BCUT2D eigenvalue weighted by Gasteiger charge is 2.32. The second kappa shape index (κ2) is 13.6. The average Bonchev–Trinajstić information content (AvgIpc) is 3.33. The van der Waals surface area contributed by atoms with Gasteiger partial charge in [-0.05, 0) is 75.4 Å². The molecule has 0 radical (unpaired) electrons. The van der Waals surface area contributed by atoms with Crippen molar-refractivity contribution in [3.05, 3.63) is 76.1 Å². The van der Waals surface area contributed by atoms with E-state index in [1.54, 1.807) is 60.7 Å². The smallest absolute Gasteiger partial charge is 0.311 e. The van der Waals surface area contributed by atoms with Gasteiger partial charge in [0.05, 0.1) is 32.4 Å². The van der Waals surface area contributed by atoms with E-state index < -0.39 is 30.4 Å². The fraction of sp³-hybridized carbons (Fsp3) is 0.355. The molecule has 0 aliphatic rings. The van der Waals surface area contributed by atoms with Crippen molar-refractivity contribution in [1.29, 1.82) is 0 Å². The van der Waals surface area contributed by atoms with E-state index in [0.29, 0.717) is 33.5 Å². The Labute approximate surface area is 267 Å². The molecule has 4 aromatic rings. The number of nitrogens with zero attached hydrogens (tertiary/aromatic N) is 4. The molecule has 44 heavy (non-hydrogen) atoms. The fourth-order valence-corrected chi connectivity index (χ4v) is 5.36. The van der Waals surface area contributed by atoms with Crippen LogP contribution in [-0.2, 0) is 13.0 Å². The molecule has 4 rings (SSSR count). The molecule has 234 valence electrons. The predicted molar refractivity (Wildman–Crippen MR) is 172 cm³/mol. The fourth-order valence-electron chi connectivity index (χ4n) is 4.67. The standard InChI is InChI=1S/C31H31ClF5N5S2/c1-30(2,43-5)12-11-21-7-8-22(27(39-21)25(38-3)15-18-13-19(33)16-20(34)14-18)23-9-10-24(32)26-28(23)42(17-31(35,36)37)40-29(26)41(4)44-6/h7-10,13-14,16,25,38H,15,17H2,1-6H3. The van der Waals surface area contributed by atoms with Crippen molar-refractivity contribution in [3.63, 3.8) is 0 Å². The highest BCUT2D eigenvalue weighted by molar-refractivity contribution is 8.00. The molecule has 0 aliphatic heterocycles. The first-order chi connectivity index (χ1) is 20.7. The summed E-state index contributed by atoms with van der Waals surface area (Å²) in [6.45, 7) is 2.61. The number of alkyl halides is 3. The summed E-state index contributed by atoms with van der Waals surface area (Å²) < 4.78 is 71.9. The van der Waals surface area contributed by atoms with E-state index in [-0.39, 0.29) is 27.5 Å². The van der Waals surface area contributed by atoms with Crippen molar-refractivity contribution in [1.82, 2.24) is 20.1 Å². The Morgan fingerprint density at radius 1 is 1.05 bits per heavy atom. The molecule has 0 saturated carbocycles. The average molecular weight is 668 g/mol. The van der Waals surface area contributed by atoms with Crippen LogP contribution in [0.5, 0.6) is 0 Å². The quantitative estimate of drug-likeness (QED) is 0.110. The van der Waals surface area contributed by atoms with Gasteiger partial charge in [-0.15, -0.1) is 11.8 Å². The minimum atomic E-state index is -4.56. The van der Waals surface area contributed by atoms with Crippen LogP contribution in [0.1, 0.15) is 36.8 Å². The van der Waals surface area contributed by atoms with Gasteiger partial charge < -0.3 is 9.62 Å². The lowest BCUT2D eigenvalue weighted by atomic mass is 9.94. The monoisotopic (exact) mass is 667 g/mol. The van der Waals surface area contributed by atoms with Gasteiger partial charge in [-0.1, -0.05) is 35.5 Å². The van der Waals surface area contributed by atoms with Gasteiger partial charge >= 0.3 is 6.18 Å². The van der Waals surface area contributed by atoms with Gasteiger partial charge in [0.1, 0.15) is 23.9 Å². The number of hydrogen-bond acceptors (Lipinski definition) is 6. The van der Waals surface area contributed by atoms with Crippen LogP contribution in [-0.4, -0.2) is 52.3 Å². The van der Waals surface area contributed by atoms with E-state index >= 15 is 0 Å². The molecule has 0 fully saturated rings. The van der Waals surface area contributed by atoms with Crippen LogP contribution in [0.2, 0.25) is 5.02 Å². The topological polar surface area (TPSA) is 46.0 Å². The number of fused-ring (bicyclic) bond motifs is 1. The highest BCUT2D eigenvalue weighted by Crippen LogP contribution is 2.42. The lowest BCUT2D eigenvalue weighted by Gasteiger charge is -2.21. The van der Waals surface area contributed by atoms with E-state index in [2.05, 4.69) is 22.3 Å². The van der Waals surface area contributed by atoms with Crippen LogP contribution in [0, 0.1) is 23.5 Å². The maximum atomic E-state index is 14.1. The maximum absolute atomic E-state index is 14.1. The first-order valence-electron chi connectivity index (χ1n) is 13.4. The number of benzene rings is 2. The van der Waals surface area contributed by atoms with E-state index in [1.165, 1.54) is 24.1 Å². The van der Waals surface area contributed by atoms with Crippen LogP contribution in [0.25, 0.3) is 22.0 Å². The van der Waals surface area contributed by atoms with E-state index in [9.17, 15) is 22.0 Å². The number of hydrogen-bond donors (Lipinski definition) is 1. The van der Waals surface area contributed by atoms with E-state index in [0.717, 1.165) is 10.7 Å². The first-order valence-corrected chi connectivity index (χ1v) is 16.2. The van der Waals surface area contributed by atoms with Gasteiger partial charge in [0.25, 0.3) is 0 Å². The Bertz CT molecular complexity index is 1710. The molecule has 0 aliphatic carbocycles. The molecule has 2 aromatic carbocycles. The van der Waals surface area contributed by atoms with Crippen molar-refractivity contribution >= 4 is 52.0 Å². The third kappa shape index (κ3) is 7.80. The Balaban J connectivity index is 2.02. The van der Waals surface area contributed by atoms with Crippen molar-refractivity contribution in [3.8, 4) is 23.0 Å². The van der Waals surface area contributed by atoms with Crippen LogP contribution < -0.4 is 9.62 Å². The maximum Gasteiger partial charge on any atom is 0.408 e. The summed E-state index contributed by atoms with van der Waals surface area (Å²) in [5.74, 6) is 5.14. The van der Waals surface area contributed by atoms with E-state index in [1.807, 2.05) is 20.1 Å². The first kappa shape index (κ1) is 33.9. The van der Waals surface area contributed by atoms with Crippen LogP contribution in [0.4, 0.5) is 27.8 Å². The lowest BCUT2D eigenvalue weighted by Crippen LogP contribution is -2.22. The van der Waals surface area contributed by atoms with Gasteiger partial charge in [-0.3, -0.25) is 4.68 Å². The summed E-state index contributed by atoms with van der Waals surface area (Å²) in [6, 6.07) is 9.38. The summed E-state index contributed by atoms with van der Waals surface area (Å²) in [5, 5.41) is 8.10. The molecule has 0 spiro atoms.